The minimum atomic E-state index is -0.103. The summed E-state index contributed by atoms with van der Waals surface area (Å²) in [5, 5.41) is 13.2. The van der Waals surface area contributed by atoms with Crippen molar-refractivity contribution in [2.75, 3.05) is 20.2 Å². The second-order valence-electron chi connectivity index (χ2n) is 5.39. The number of carbonyl (C=O) groups excluding carboxylic acids is 1. The molecule has 1 aliphatic rings. The van der Waals surface area contributed by atoms with Crippen LogP contribution in [0.1, 0.15) is 23.2 Å². The Bertz CT molecular complexity index is 636. The van der Waals surface area contributed by atoms with Crippen LogP contribution in [0.25, 0.3) is 11.3 Å². The Labute approximate surface area is 141 Å². The first kappa shape index (κ1) is 17.3. The van der Waals surface area contributed by atoms with E-state index in [9.17, 15) is 4.79 Å². The Morgan fingerprint density at radius 3 is 2.83 bits per heavy atom. The number of aromatic amines is 1. The molecule has 0 spiro atoms. The summed E-state index contributed by atoms with van der Waals surface area (Å²) in [6, 6.07) is 7.91. The quantitative estimate of drug-likeness (QED) is 0.780. The van der Waals surface area contributed by atoms with Crippen molar-refractivity contribution in [1.82, 2.24) is 20.8 Å². The summed E-state index contributed by atoms with van der Waals surface area (Å²) in [6.07, 6.45) is 3.84. The Morgan fingerprint density at radius 2 is 2.17 bits per heavy atom. The average Bonchev–Trinajstić information content (AvgIpc) is 3.24. The molecule has 1 amide bonds. The highest BCUT2D eigenvalue weighted by Crippen LogP contribution is 2.23. The molecule has 1 aliphatic heterocycles. The van der Waals surface area contributed by atoms with E-state index >= 15 is 0 Å². The molecule has 1 aromatic carbocycles. The van der Waals surface area contributed by atoms with Crippen molar-refractivity contribution in [3.8, 4) is 17.0 Å². The van der Waals surface area contributed by atoms with Crippen molar-refractivity contribution >= 4 is 18.3 Å². The summed E-state index contributed by atoms with van der Waals surface area (Å²) in [5.41, 5.74) is 2.19. The van der Waals surface area contributed by atoms with Crippen LogP contribution in [-0.2, 0) is 0 Å². The lowest BCUT2D eigenvalue weighted by molar-refractivity contribution is 0.0951. The SMILES string of the molecule is COc1ccc(-c2[nH]ncc2C(=O)NCC2CCCN2)cc1.Cl. The van der Waals surface area contributed by atoms with Gasteiger partial charge in [0.25, 0.3) is 5.91 Å². The van der Waals surface area contributed by atoms with Crippen LogP contribution in [0, 0.1) is 0 Å². The number of hydrogen-bond donors (Lipinski definition) is 3. The second-order valence-corrected chi connectivity index (χ2v) is 5.39. The fraction of sp³-hybridized carbons (Fsp3) is 0.375. The van der Waals surface area contributed by atoms with Gasteiger partial charge in [-0.15, -0.1) is 12.4 Å². The number of rotatable bonds is 5. The largest absolute Gasteiger partial charge is 0.497 e. The van der Waals surface area contributed by atoms with Crippen molar-refractivity contribution in [2.24, 2.45) is 0 Å². The van der Waals surface area contributed by atoms with Gasteiger partial charge in [-0.25, -0.2) is 0 Å². The number of halogens is 1. The Hall–Kier alpha value is -2.05. The molecule has 2 aromatic rings. The standard InChI is InChI=1S/C16H20N4O2.ClH/c1-22-13-6-4-11(5-7-13)15-14(10-19-20-15)16(21)18-9-12-3-2-8-17-12;/h4-7,10,12,17H,2-3,8-9H2,1H3,(H,18,21)(H,19,20);1H. The number of nitrogens with zero attached hydrogens (tertiary/aromatic N) is 1. The van der Waals surface area contributed by atoms with Gasteiger partial charge >= 0.3 is 0 Å². The van der Waals surface area contributed by atoms with Crippen molar-refractivity contribution in [3.05, 3.63) is 36.0 Å². The summed E-state index contributed by atoms with van der Waals surface area (Å²) >= 11 is 0. The smallest absolute Gasteiger partial charge is 0.255 e. The van der Waals surface area contributed by atoms with Crippen LogP contribution in [0.15, 0.2) is 30.5 Å². The highest BCUT2D eigenvalue weighted by atomic mass is 35.5. The number of hydrogen-bond acceptors (Lipinski definition) is 4. The van der Waals surface area contributed by atoms with Crippen LogP contribution in [0.3, 0.4) is 0 Å². The zero-order valence-corrected chi connectivity index (χ0v) is 13.8. The van der Waals surface area contributed by atoms with E-state index in [1.807, 2.05) is 24.3 Å². The first-order chi connectivity index (χ1) is 10.8. The molecule has 6 nitrogen and oxygen atoms in total. The molecule has 0 bridgehead atoms. The third-order valence-electron chi connectivity index (χ3n) is 3.93. The third kappa shape index (κ3) is 4.03. The third-order valence-corrected chi connectivity index (χ3v) is 3.93. The van der Waals surface area contributed by atoms with Crippen LogP contribution >= 0.6 is 12.4 Å². The zero-order valence-electron chi connectivity index (χ0n) is 13.0. The van der Waals surface area contributed by atoms with E-state index in [1.54, 1.807) is 13.3 Å². The van der Waals surface area contributed by atoms with Gasteiger partial charge in [0.05, 0.1) is 24.6 Å². The first-order valence-electron chi connectivity index (χ1n) is 7.47. The van der Waals surface area contributed by atoms with Gasteiger partial charge in [0.15, 0.2) is 0 Å². The number of H-pyrrole nitrogens is 1. The number of benzene rings is 1. The number of nitrogens with one attached hydrogen (secondary N) is 3. The minimum Gasteiger partial charge on any atom is -0.497 e. The molecule has 0 saturated carbocycles. The normalized spacial score (nSPS) is 16.7. The fourth-order valence-electron chi connectivity index (χ4n) is 2.68. The monoisotopic (exact) mass is 336 g/mol. The molecule has 23 heavy (non-hydrogen) atoms. The van der Waals surface area contributed by atoms with Gasteiger partial charge in [-0.1, -0.05) is 0 Å². The highest BCUT2D eigenvalue weighted by Gasteiger charge is 2.18. The van der Waals surface area contributed by atoms with E-state index in [4.69, 9.17) is 4.74 Å². The van der Waals surface area contributed by atoms with Crippen LogP contribution in [-0.4, -0.2) is 42.3 Å². The van der Waals surface area contributed by atoms with E-state index in [1.165, 1.54) is 6.42 Å². The number of amides is 1. The maximum absolute atomic E-state index is 12.4. The van der Waals surface area contributed by atoms with E-state index in [2.05, 4.69) is 20.8 Å². The average molecular weight is 337 g/mol. The molecular weight excluding hydrogens is 316 g/mol. The number of carbonyl (C=O) groups is 1. The molecule has 1 atom stereocenters. The van der Waals surface area contributed by atoms with E-state index in [0.29, 0.717) is 18.2 Å². The molecule has 124 valence electrons. The zero-order chi connectivity index (χ0) is 15.4. The predicted octanol–water partition coefficient (Wildman–Crippen LogP) is 1.99. The number of methoxy groups -OCH3 is 1. The first-order valence-corrected chi connectivity index (χ1v) is 7.47. The van der Waals surface area contributed by atoms with Crippen molar-refractivity contribution in [2.45, 2.75) is 18.9 Å². The minimum absolute atomic E-state index is 0. The van der Waals surface area contributed by atoms with Gasteiger partial charge < -0.3 is 15.4 Å². The molecule has 0 aliphatic carbocycles. The van der Waals surface area contributed by atoms with Gasteiger partial charge in [-0.3, -0.25) is 9.89 Å². The molecule has 3 N–H and O–H groups in total. The van der Waals surface area contributed by atoms with Crippen molar-refractivity contribution in [1.29, 1.82) is 0 Å². The molecule has 3 rings (SSSR count). The Kier molecular flexibility index (Phi) is 6.01. The van der Waals surface area contributed by atoms with Crippen LogP contribution in [0.4, 0.5) is 0 Å². The summed E-state index contributed by atoms with van der Waals surface area (Å²) in [4.78, 5) is 12.4. The number of ether oxygens (including phenoxy) is 1. The molecule has 0 radical (unpaired) electrons. The van der Waals surface area contributed by atoms with Crippen molar-refractivity contribution in [3.63, 3.8) is 0 Å². The number of aromatic nitrogens is 2. The van der Waals surface area contributed by atoms with E-state index in [0.717, 1.165) is 30.0 Å². The van der Waals surface area contributed by atoms with Gasteiger partial charge in [-0.2, -0.15) is 5.10 Å². The summed E-state index contributed by atoms with van der Waals surface area (Å²) in [6.45, 7) is 1.68. The van der Waals surface area contributed by atoms with Gasteiger partial charge in [0, 0.05) is 18.2 Å². The van der Waals surface area contributed by atoms with Crippen LogP contribution in [0.2, 0.25) is 0 Å². The maximum atomic E-state index is 12.4. The lowest BCUT2D eigenvalue weighted by Crippen LogP contribution is -2.37. The summed E-state index contributed by atoms with van der Waals surface area (Å²) in [7, 11) is 1.63. The second kappa shape index (κ2) is 7.99. The summed E-state index contributed by atoms with van der Waals surface area (Å²) < 4.78 is 5.15. The predicted molar refractivity (Wildman–Crippen MR) is 91.2 cm³/mol. The Balaban J connectivity index is 0.00000192. The molecule has 1 aromatic heterocycles. The lowest BCUT2D eigenvalue weighted by atomic mass is 10.1. The van der Waals surface area contributed by atoms with Crippen LogP contribution in [0.5, 0.6) is 5.75 Å². The topological polar surface area (TPSA) is 79.0 Å². The van der Waals surface area contributed by atoms with Gasteiger partial charge in [0.1, 0.15) is 5.75 Å². The van der Waals surface area contributed by atoms with Gasteiger partial charge in [-0.05, 0) is 43.7 Å². The van der Waals surface area contributed by atoms with E-state index < -0.39 is 0 Å². The van der Waals surface area contributed by atoms with Crippen molar-refractivity contribution < 1.29 is 9.53 Å². The Morgan fingerprint density at radius 1 is 1.39 bits per heavy atom. The molecule has 2 heterocycles. The van der Waals surface area contributed by atoms with Crippen LogP contribution < -0.4 is 15.4 Å². The fourth-order valence-corrected chi connectivity index (χ4v) is 2.68. The molecule has 1 saturated heterocycles. The molecule has 1 fully saturated rings. The maximum Gasteiger partial charge on any atom is 0.255 e. The lowest BCUT2D eigenvalue weighted by Gasteiger charge is -2.11. The molecule has 1 unspecified atom stereocenters. The van der Waals surface area contributed by atoms with E-state index in [-0.39, 0.29) is 18.3 Å². The van der Waals surface area contributed by atoms with Gasteiger partial charge in [0.2, 0.25) is 0 Å². The molecular formula is C16H21ClN4O2. The highest BCUT2D eigenvalue weighted by molar-refractivity contribution is 5.99. The summed E-state index contributed by atoms with van der Waals surface area (Å²) in [5.74, 6) is 0.676. The molecule has 7 heteroatoms.